The van der Waals surface area contributed by atoms with Crippen LogP contribution in [0.15, 0.2) is 58.4 Å². The molecule has 3 aromatic rings. The van der Waals surface area contributed by atoms with Crippen molar-refractivity contribution in [1.82, 2.24) is 15.1 Å². The molecule has 10 nitrogen and oxygen atoms in total. The normalized spacial score (nSPS) is 10.9. The van der Waals surface area contributed by atoms with Crippen LogP contribution in [0.3, 0.4) is 0 Å². The van der Waals surface area contributed by atoms with Crippen molar-refractivity contribution in [3.63, 3.8) is 0 Å². The second-order valence-electron chi connectivity index (χ2n) is 5.69. The fourth-order valence-electron chi connectivity index (χ4n) is 2.43. The quantitative estimate of drug-likeness (QED) is 0.388. The van der Waals surface area contributed by atoms with Crippen LogP contribution in [0.5, 0.6) is 0 Å². The minimum Gasteiger partial charge on any atom is -0.399 e. The molecule has 0 spiro atoms. The fraction of sp³-hybridized carbons (Fsp3) is 0.111. The van der Waals surface area contributed by atoms with Gasteiger partial charge in [-0.2, -0.15) is 5.10 Å². The topological polar surface area (TPSA) is 129 Å². The Bertz CT molecular complexity index is 1140. The molecule has 0 radical (unpaired) electrons. The molecule has 0 unspecified atom stereocenters. The molecule has 1 N–H and O–H groups in total. The van der Waals surface area contributed by atoms with Crippen LogP contribution < -0.4 is 15.8 Å². The van der Waals surface area contributed by atoms with Gasteiger partial charge in [0.15, 0.2) is 6.61 Å². The monoisotopic (exact) mass is 381 g/mol. The van der Waals surface area contributed by atoms with Crippen molar-refractivity contribution in [1.29, 1.82) is 0 Å². The first-order chi connectivity index (χ1) is 13.5. The molecule has 0 bridgehead atoms. The Morgan fingerprint density at radius 1 is 1.32 bits per heavy atom. The highest BCUT2D eigenvalue weighted by Gasteiger charge is 2.10. The molecule has 0 saturated carbocycles. The van der Waals surface area contributed by atoms with E-state index < -0.39 is 23.0 Å². The number of carbonyl (C=O) groups is 1. The summed E-state index contributed by atoms with van der Waals surface area (Å²) >= 11 is 0. The Hall–Kier alpha value is -4.08. The number of non-ortho nitro benzene ring substituents is 1. The molecule has 2 aromatic carbocycles. The number of aryl methyl sites for hydroxylation is 1. The number of hydrogen-bond acceptors (Lipinski definition) is 7. The van der Waals surface area contributed by atoms with E-state index in [4.69, 9.17) is 4.84 Å². The summed E-state index contributed by atoms with van der Waals surface area (Å²) in [4.78, 5) is 44.0. The van der Waals surface area contributed by atoms with E-state index in [0.717, 1.165) is 4.73 Å². The number of amides is 1. The first-order valence-electron chi connectivity index (χ1n) is 8.14. The minimum atomic E-state index is -0.610. The molecule has 0 aliphatic heterocycles. The molecule has 1 aromatic heterocycles. The van der Waals surface area contributed by atoms with Gasteiger partial charge in [0, 0.05) is 17.7 Å². The van der Waals surface area contributed by atoms with Crippen LogP contribution in [0, 0.1) is 17.0 Å². The molecule has 0 fully saturated rings. The second-order valence-corrected chi connectivity index (χ2v) is 5.69. The molecule has 1 amide bonds. The molecule has 142 valence electrons. The van der Waals surface area contributed by atoms with Crippen molar-refractivity contribution in [3.8, 4) is 0 Å². The highest BCUT2D eigenvalue weighted by Crippen LogP contribution is 2.11. The third kappa shape index (κ3) is 4.18. The molecule has 0 aliphatic carbocycles. The summed E-state index contributed by atoms with van der Waals surface area (Å²) in [5.41, 5.74) is 2.70. The second kappa shape index (κ2) is 8.08. The van der Waals surface area contributed by atoms with Crippen LogP contribution in [0.4, 0.5) is 5.69 Å². The van der Waals surface area contributed by atoms with Crippen LogP contribution in [-0.4, -0.2) is 33.4 Å². The zero-order valence-electron chi connectivity index (χ0n) is 14.7. The summed E-state index contributed by atoms with van der Waals surface area (Å²) in [7, 11) is 0. The number of benzene rings is 2. The molecule has 0 saturated heterocycles. The van der Waals surface area contributed by atoms with Crippen molar-refractivity contribution in [2.24, 2.45) is 5.10 Å². The van der Waals surface area contributed by atoms with E-state index in [-0.39, 0.29) is 5.69 Å². The van der Waals surface area contributed by atoms with Gasteiger partial charge in [0.2, 0.25) is 0 Å². The molecular formula is C18H15N5O5. The lowest BCUT2D eigenvalue weighted by Gasteiger charge is -2.11. The smallest absolute Gasteiger partial charge is 0.294 e. The Morgan fingerprint density at radius 3 is 2.89 bits per heavy atom. The highest BCUT2D eigenvalue weighted by atomic mass is 16.7. The number of carbonyl (C=O) groups excluding carboxylic acids is 1. The van der Waals surface area contributed by atoms with E-state index in [9.17, 15) is 19.7 Å². The number of aromatic nitrogens is 2. The third-order valence-corrected chi connectivity index (χ3v) is 3.70. The molecule has 1 heterocycles. The van der Waals surface area contributed by atoms with E-state index in [0.29, 0.717) is 22.3 Å². The maximum Gasteiger partial charge on any atom is 0.294 e. The molecule has 3 rings (SSSR count). The van der Waals surface area contributed by atoms with E-state index in [1.807, 2.05) is 0 Å². The zero-order valence-corrected chi connectivity index (χ0v) is 14.7. The molecule has 0 aliphatic rings. The fourth-order valence-corrected chi connectivity index (χ4v) is 2.43. The lowest BCUT2D eigenvalue weighted by atomic mass is 10.2. The number of rotatable bonds is 6. The Balaban J connectivity index is 1.63. The first-order valence-corrected chi connectivity index (χ1v) is 8.14. The predicted octanol–water partition coefficient (Wildman–Crippen LogP) is 1.19. The number of hydrazone groups is 1. The zero-order chi connectivity index (χ0) is 20.1. The Kier molecular flexibility index (Phi) is 5.40. The van der Waals surface area contributed by atoms with Crippen molar-refractivity contribution >= 4 is 28.7 Å². The average Bonchev–Trinajstić information content (AvgIpc) is 2.68. The summed E-state index contributed by atoms with van der Waals surface area (Å²) in [5.74, 6) is -0.308. The van der Waals surface area contributed by atoms with E-state index in [1.54, 1.807) is 37.3 Å². The number of nitro groups is 1. The average molecular weight is 381 g/mol. The minimum absolute atomic E-state index is 0.0859. The van der Waals surface area contributed by atoms with Gasteiger partial charge in [-0.1, -0.05) is 24.3 Å². The Morgan fingerprint density at radius 2 is 2.11 bits per heavy atom. The number of hydrogen-bond donors (Lipinski definition) is 1. The summed E-state index contributed by atoms with van der Waals surface area (Å²) in [6, 6.07) is 12.6. The molecule has 28 heavy (non-hydrogen) atoms. The molecule has 10 heteroatoms. The maximum atomic E-state index is 12.4. The van der Waals surface area contributed by atoms with E-state index in [2.05, 4.69) is 15.5 Å². The van der Waals surface area contributed by atoms with Gasteiger partial charge in [0.1, 0.15) is 5.82 Å². The highest BCUT2D eigenvalue weighted by molar-refractivity contribution is 5.83. The largest absolute Gasteiger partial charge is 0.399 e. The van der Waals surface area contributed by atoms with Crippen LogP contribution in [0.2, 0.25) is 0 Å². The van der Waals surface area contributed by atoms with Gasteiger partial charge in [-0.15, -0.1) is 4.73 Å². The van der Waals surface area contributed by atoms with Crippen LogP contribution >= 0.6 is 0 Å². The van der Waals surface area contributed by atoms with Crippen LogP contribution in [0.1, 0.15) is 11.4 Å². The summed E-state index contributed by atoms with van der Waals surface area (Å²) in [5, 5.41) is 14.8. The van der Waals surface area contributed by atoms with E-state index >= 15 is 0 Å². The van der Waals surface area contributed by atoms with Gasteiger partial charge in [-0.3, -0.25) is 19.7 Å². The van der Waals surface area contributed by atoms with Gasteiger partial charge in [0.05, 0.1) is 22.0 Å². The maximum absolute atomic E-state index is 12.4. The third-order valence-electron chi connectivity index (χ3n) is 3.70. The van der Waals surface area contributed by atoms with Crippen molar-refractivity contribution in [2.45, 2.75) is 6.92 Å². The predicted molar refractivity (Wildman–Crippen MR) is 101 cm³/mol. The number of nitrogens with zero attached hydrogens (tertiary/aromatic N) is 4. The van der Waals surface area contributed by atoms with Gasteiger partial charge < -0.3 is 4.84 Å². The van der Waals surface area contributed by atoms with Crippen LogP contribution in [-0.2, 0) is 4.79 Å². The molecule has 0 atom stereocenters. The molecular weight excluding hydrogens is 366 g/mol. The summed E-state index contributed by atoms with van der Waals surface area (Å²) in [6.45, 7) is 1.12. The van der Waals surface area contributed by atoms with E-state index in [1.165, 1.54) is 24.4 Å². The standard InChI is InChI=1S/C18H15N5O5/c1-12-20-16-8-3-2-7-15(16)18(25)22(12)28-11-17(24)21-19-10-13-5-4-6-14(9-13)23(26)27/h2-10H,11H2,1H3,(H,21,24)/b19-10-. The summed E-state index contributed by atoms with van der Waals surface area (Å²) in [6.07, 6.45) is 1.26. The van der Waals surface area contributed by atoms with Gasteiger partial charge in [-0.25, -0.2) is 10.4 Å². The number of fused-ring (bicyclic) bond motifs is 1. The van der Waals surface area contributed by atoms with Gasteiger partial charge in [0.25, 0.3) is 17.2 Å². The van der Waals surface area contributed by atoms with Crippen molar-refractivity contribution < 1.29 is 14.6 Å². The lowest BCUT2D eigenvalue weighted by molar-refractivity contribution is -0.384. The van der Waals surface area contributed by atoms with Crippen molar-refractivity contribution in [3.05, 3.63) is 80.4 Å². The van der Waals surface area contributed by atoms with Gasteiger partial charge >= 0.3 is 0 Å². The Labute approximate surface area is 158 Å². The van der Waals surface area contributed by atoms with Crippen LogP contribution in [0.25, 0.3) is 10.9 Å². The number of nitro benzene ring substituents is 1. The summed E-state index contributed by atoms with van der Waals surface area (Å²) < 4.78 is 0.951. The number of para-hydroxylation sites is 1. The SMILES string of the molecule is Cc1nc2ccccc2c(=O)n1OCC(=O)N/N=C\c1cccc([N+](=O)[O-])c1. The van der Waals surface area contributed by atoms with Crippen molar-refractivity contribution in [2.75, 3.05) is 6.61 Å². The lowest BCUT2D eigenvalue weighted by Crippen LogP contribution is -2.35. The number of nitrogens with one attached hydrogen (secondary N) is 1. The first kappa shape index (κ1) is 18.7. The van der Waals surface area contributed by atoms with Gasteiger partial charge in [-0.05, 0) is 19.1 Å².